The van der Waals surface area contributed by atoms with Gasteiger partial charge in [0.2, 0.25) is 5.91 Å². The number of pyridine rings is 1. The van der Waals surface area contributed by atoms with Crippen LogP contribution in [0.4, 0.5) is 15.8 Å². The normalized spacial score (nSPS) is 14.0. The van der Waals surface area contributed by atoms with Crippen LogP contribution in [0.3, 0.4) is 0 Å². The summed E-state index contributed by atoms with van der Waals surface area (Å²) in [4.78, 5) is 18.0. The fraction of sp³-hybridized carbons (Fsp3) is 0.200. The summed E-state index contributed by atoms with van der Waals surface area (Å²) >= 11 is 0. The molecule has 0 fully saturated rings. The lowest BCUT2D eigenvalue weighted by Gasteiger charge is -2.29. The molecular formula is C15H15FN4O. The third-order valence-electron chi connectivity index (χ3n) is 3.55. The number of carbonyl (C=O) groups excluding carboxylic acids is 1. The minimum Gasteiger partial charge on any atom is -0.324 e. The molecule has 0 spiro atoms. The van der Waals surface area contributed by atoms with Gasteiger partial charge in [0, 0.05) is 12.6 Å². The van der Waals surface area contributed by atoms with Gasteiger partial charge >= 0.3 is 0 Å². The fourth-order valence-electron chi connectivity index (χ4n) is 2.50. The molecule has 0 aliphatic carbocycles. The number of halogens is 1. The lowest BCUT2D eigenvalue weighted by atomic mass is 10.0. The van der Waals surface area contributed by atoms with Gasteiger partial charge in [-0.1, -0.05) is 6.07 Å². The number of aryl methyl sites for hydroxylation is 1. The summed E-state index contributed by atoms with van der Waals surface area (Å²) in [6.45, 7) is 0.296. The van der Waals surface area contributed by atoms with E-state index >= 15 is 0 Å². The highest BCUT2D eigenvalue weighted by atomic mass is 19.1. The predicted molar refractivity (Wildman–Crippen MR) is 78.0 cm³/mol. The number of nitrogens with zero attached hydrogens (tertiary/aromatic N) is 2. The molecule has 0 bridgehead atoms. The van der Waals surface area contributed by atoms with E-state index in [1.165, 1.54) is 12.1 Å². The van der Waals surface area contributed by atoms with E-state index in [9.17, 15) is 9.18 Å². The zero-order valence-corrected chi connectivity index (χ0v) is 11.3. The molecule has 2 aromatic rings. The summed E-state index contributed by atoms with van der Waals surface area (Å²) in [5.41, 5.74) is 5.54. The van der Waals surface area contributed by atoms with E-state index in [0.717, 1.165) is 5.56 Å². The van der Waals surface area contributed by atoms with Crippen LogP contribution in [0.25, 0.3) is 0 Å². The predicted octanol–water partition coefficient (Wildman–Crippen LogP) is 1.99. The van der Waals surface area contributed by atoms with Crippen LogP contribution in [0.15, 0.2) is 36.5 Å². The van der Waals surface area contributed by atoms with Crippen LogP contribution in [-0.4, -0.2) is 10.9 Å². The van der Waals surface area contributed by atoms with Gasteiger partial charge in [-0.25, -0.2) is 4.39 Å². The Hall–Kier alpha value is -2.47. The van der Waals surface area contributed by atoms with Gasteiger partial charge in [0.25, 0.3) is 0 Å². The Morgan fingerprint density at radius 3 is 2.95 bits per heavy atom. The third-order valence-corrected chi connectivity index (χ3v) is 3.55. The van der Waals surface area contributed by atoms with Crippen molar-refractivity contribution >= 4 is 17.3 Å². The van der Waals surface area contributed by atoms with E-state index in [4.69, 9.17) is 5.84 Å². The number of fused-ring (bicyclic) bond motifs is 1. The lowest BCUT2D eigenvalue weighted by Crippen LogP contribution is -2.35. The van der Waals surface area contributed by atoms with Crippen molar-refractivity contribution < 1.29 is 9.18 Å². The molecule has 6 heteroatoms. The topological polar surface area (TPSA) is 71.2 Å². The highest BCUT2D eigenvalue weighted by Crippen LogP contribution is 2.29. The second-order valence-electron chi connectivity index (χ2n) is 4.93. The number of nitrogen functional groups attached to an aromatic ring is 1. The van der Waals surface area contributed by atoms with E-state index in [1.54, 1.807) is 29.3 Å². The van der Waals surface area contributed by atoms with Gasteiger partial charge in [-0.2, -0.15) is 0 Å². The summed E-state index contributed by atoms with van der Waals surface area (Å²) in [6.07, 6.45) is 2.68. The molecule has 108 valence electrons. The molecule has 1 amide bonds. The quantitative estimate of drug-likeness (QED) is 0.668. The molecule has 1 aromatic heterocycles. The number of benzene rings is 1. The highest BCUT2D eigenvalue weighted by molar-refractivity contribution is 5.96. The van der Waals surface area contributed by atoms with Gasteiger partial charge in [-0.3, -0.25) is 15.6 Å². The molecular weight excluding hydrogens is 271 g/mol. The van der Waals surface area contributed by atoms with Gasteiger partial charge in [-0.05, 0) is 36.2 Å². The van der Waals surface area contributed by atoms with Crippen LogP contribution in [0, 0.1) is 5.82 Å². The second-order valence-corrected chi connectivity index (χ2v) is 4.93. The van der Waals surface area contributed by atoms with Crippen molar-refractivity contribution in [2.75, 3.05) is 10.3 Å². The molecule has 21 heavy (non-hydrogen) atoms. The fourth-order valence-corrected chi connectivity index (χ4v) is 2.50. The summed E-state index contributed by atoms with van der Waals surface area (Å²) in [5.74, 6) is 4.99. The van der Waals surface area contributed by atoms with Crippen molar-refractivity contribution in [3.63, 3.8) is 0 Å². The average Bonchev–Trinajstić information content (AvgIpc) is 2.50. The van der Waals surface area contributed by atoms with Gasteiger partial charge in [0.1, 0.15) is 5.82 Å². The van der Waals surface area contributed by atoms with Crippen molar-refractivity contribution in [3.8, 4) is 0 Å². The molecule has 2 heterocycles. The van der Waals surface area contributed by atoms with E-state index < -0.39 is 0 Å². The van der Waals surface area contributed by atoms with Crippen molar-refractivity contribution in [3.05, 3.63) is 53.6 Å². The zero-order chi connectivity index (χ0) is 14.8. The monoisotopic (exact) mass is 286 g/mol. The molecule has 0 saturated carbocycles. The molecule has 0 saturated heterocycles. The van der Waals surface area contributed by atoms with E-state index in [2.05, 4.69) is 10.4 Å². The van der Waals surface area contributed by atoms with Crippen molar-refractivity contribution in [2.45, 2.75) is 19.4 Å². The Bertz CT molecular complexity index is 689. The number of carbonyl (C=O) groups is 1. The number of hydrazine groups is 1. The average molecular weight is 286 g/mol. The molecule has 3 N–H and O–H groups in total. The first-order chi connectivity index (χ1) is 10.2. The minimum atomic E-state index is -0.348. The summed E-state index contributed by atoms with van der Waals surface area (Å²) in [6, 6.07) is 8.05. The number of hydrogen-bond donors (Lipinski definition) is 2. The molecule has 0 radical (unpaired) electrons. The van der Waals surface area contributed by atoms with E-state index in [0.29, 0.717) is 36.5 Å². The Balaban J connectivity index is 1.94. The molecule has 0 unspecified atom stereocenters. The number of anilines is 2. The molecule has 0 atom stereocenters. The summed E-state index contributed by atoms with van der Waals surface area (Å²) in [7, 11) is 0. The Labute approximate surface area is 121 Å². The first kappa shape index (κ1) is 13.5. The van der Waals surface area contributed by atoms with Gasteiger partial charge in [-0.15, -0.1) is 0 Å². The third kappa shape index (κ3) is 2.71. The van der Waals surface area contributed by atoms with Gasteiger partial charge in [0.15, 0.2) is 0 Å². The van der Waals surface area contributed by atoms with E-state index in [1.807, 2.05) is 0 Å². The first-order valence-corrected chi connectivity index (χ1v) is 6.68. The van der Waals surface area contributed by atoms with Gasteiger partial charge < -0.3 is 10.3 Å². The van der Waals surface area contributed by atoms with Crippen molar-refractivity contribution in [2.24, 2.45) is 5.84 Å². The van der Waals surface area contributed by atoms with Crippen LogP contribution in [-0.2, 0) is 17.8 Å². The highest BCUT2D eigenvalue weighted by Gasteiger charge is 2.25. The molecule has 3 rings (SSSR count). The number of nitrogens with one attached hydrogen (secondary N) is 1. The molecule has 1 aromatic carbocycles. The van der Waals surface area contributed by atoms with Gasteiger partial charge in [0.05, 0.1) is 23.6 Å². The zero-order valence-electron chi connectivity index (χ0n) is 11.3. The van der Waals surface area contributed by atoms with Crippen molar-refractivity contribution in [1.82, 2.24) is 4.98 Å². The molecule has 1 aliphatic heterocycles. The van der Waals surface area contributed by atoms with Crippen LogP contribution in [0.5, 0.6) is 0 Å². The SMILES string of the molecule is NNc1ccnc(CN2C(=O)CCc3ccc(F)cc32)c1. The van der Waals surface area contributed by atoms with E-state index in [-0.39, 0.29) is 11.7 Å². The molecule has 5 nitrogen and oxygen atoms in total. The Kier molecular flexibility index (Phi) is 3.53. The van der Waals surface area contributed by atoms with Crippen molar-refractivity contribution in [1.29, 1.82) is 0 Å². The maximum Gasteiger partial charge on any atom is 0.227 e. The summed E-state index contributed by atoms with van der Waals surface area (Å²) < 4.78 is 13.5. The minimum absolute atomic E-state index is 0.0268. The number of hydrogen-bond acceptors (Lipinski definition) is 4. The van der Waals surface area contributed by atoms with Crippen LogP contribution < -0.4 is 16.2 Å². The first-order valence-electron chi connectivity index (χ1n) is 6.68. The maximum absolute atomic E-state index is 13.5. The Morgan fingerprint density at radius 2 is 2.14 bits per heavy atom. The molecule has 1 aliphatic rings. The lowest BCUT2D eigenvalue weighted by molar-refractivity contribution is -0.119. The van der Waals surface area contributed by atoms with Crippen LogP contribution in [0.1, 0.15) is 17.7 Å². The Morgan fingerprint density at radius 1 is 1.29 bits per heavy atom. The smallest absolute Gasteiger partial charge is 0.227 e. The maximum atomic E-state index is 13.5. The standard InChI is InChI=1S/C15H15FN4O/c16-11-3-1-10-2-4-15(21)20(14(10)7-11)9-13-8-12(19-17)5-6-18-13/h1,3,5-8H,2,4,9,17H2,(H,18,19). The number of aromatic nitrogens is 1. The summed E-state index contributed by atoms with van der Waals surface area (Å²) in [5, 5.41) is 0. The number of nitrogens with two attached hydrogens (primary N) is 1. The van der Waals surface area contributed by atoms with Crippen LogP contribution in [0.2, 0.25) is 0 Å². The number of amides is 1. The number of rotatable bonds is 3. The van der Waals surface area contributed by atoms with Crippen LogP contribution >= 0.6 is 0 Å². The largest absolute Gasteiger partial charge is 0.324 e. The second kappa shape index (κ2) is 5.49.